The predicted molar refractivity (Wildman–Crippen MR) is 107 cm³/mol. The molecule has 6 nitrogen and oxygen atoms in total. The van der Waals surface area contributed by atoms with Gasteiger partial charge < -0.3 is 4.42 Å². The van der Waals surface area contributed by atoms with Crippen molar-refractivity contribution in [1.82, 2.24) is 5.32 Å². The average Bonchev–Trinajstić information content (AvgIpc) is 3.16. The van der Waals surface area contributed by atoms with Gasteiger partial charge in [0.15, 0.2) is 0 Å². The minimum absolute atomic E-state index is 0.184. The minimum atomic E-state index is -0.793. The first-order valence-corrected chi connectivity index (χ1v) is 9.14. The predicted octanol–water partition coefficient (Wildman–Crippen LogP) is 4.38. The molecule has 1 aliphatic heterocycles. The molecular formula is C21H13BrN2O4. The second-order valence-electron chi connectivity index (χ2n) is 6.00. The van der Waals surface area contributed by atoms with Crippen LogP contribution in [0.3, 0.4) is 0 Å². The molecule has 1 N–H and O–H groups in total. The Morgan fingerprint density at radius 2 is 1.61 bits per heavy atom. The molecule has 2 heterocycles. The molecule has 2 aromatic carbocycles. The number of rotatable bonds is 3. The van der Waals surface area contributed by atoms with E-state index in [-0.39, 0.29) is 5.57 Å². The maximum Gasteiger partial charge on any atom is 0.335 e. The van der Waals surface area contributed by atoms with Gasteiger partial charge in [0.1, 0.15) is 17.1 Å². The van der Waals surface area contributed by atoms with Crippen LogP contribution in [0.15, 0.2) is 81.2 Å². The molecule has 0 bridgehead atoms. The molecule has 3 aromatic rings. The Bertz CT molecular complexity index is 1100. The summed E-state index contributed by atoms with van der Waals surface area (Å²) < 4.78 is 6.54. The number of anilines is 1. The van der Waals surface area contributed by atoms with E-state index in [1.165, 1.54) is 6.08 Å². The van der Waals surface area contributed by atoms with Gasteiger partial charge in [-0.1, -0.05) is 46.3 Å². The van der Waals surface area contributed by atoms with Crippen molar-refractivity contribution in [3.63, 3.8) is 0 Å². The molecule has 0 radical (unpaired) electrons. The van der Waals surface area contributed by atoms with Crippen LogP contribution in [-0.4, -0.2) is 17.8 Å². The fourth-order valence-corrected chi connectivity index (χ4v) is 3.08. The molecule has 1 aromatic heterocycles. The molecule has 138 valence electrons. The summed E-state index contributed by atoms with van der Waals surface area (Å²) in [6, 6.07) is 18.7. The summed E-state index contributed by atoms with van der Waals surface area (Å²) >= 11 is 3.31. The van der Waals surface area contributed by atoms with Gasteiger partial charge in [-0.2, -0.15) is 0 Å². The van der Waals surface area contributed by atoms with E-state index in [2.05, 4.69) is 21.2 Å². The third-order valence-electron chi connectivity index (χ3n) is 4.16. The first-order chi connectivity index (χ1) is 13.5. The van der Waals surface area contributed by atoms with Gasteiger partial charge in [-0.3, -0.25) is 14.9 Å². The maximum atomic E-state index is 12.8. The van der Waals surface area contributed by atoms with Crippen molar-refractivity contribution in [3.05, 3.63) is 82.5 Å². The SMILES string of the molecule is O=C1NC(=O)N(c2ccc(Br)cc2)C(=O)C1=Cc1ccc(-c2ccccc2)o1. The number of imide groups is 2. The lowest BCUT2D eigenvalue weighted by molar-refractivity contribution is -0.122. The standard InChI is InChI=1S/C21H13BrN2O4/c22-14-6-8-15(9-7-14)24-20(26)17(19(25)23-21(24)27)12-16-10-11-18(28-16)13-4-2-1-3-5-13/h1-12H,(H,23,25,27). The molecule has 1 saturated heterocycles. The number of halogens is 1. The van der Waals surface area contributed by atoms with E-state index in [0.717, 1.165) is 14.9 Å². The number of urea groups is 1. The molecular weight excluding hydrogens is 424 g/mol. The monoisotopic (exact) mass is 436 g/mol. The Kier molecular flexibility index (Phi) is 4.67. The normalized spacial score (nSPS) is 15.8. The molecule has 28 heavy (non-hydrogen) atoms. The number of furan rings is 1. The Labute approximate surface area is 168 Å². The molecule has 1 fully saturated rings. The third kappa shape index (κ3) is 3.39. The number of amides is 4. The molecule has 4 rings (SSSR count). The van der Waals surface area contributed by atoms with Gasteiger partial charge in [0.2, 0.25) is 0 Å². The van der Waals surface area contributed by atoms with E-state index >= 15 is 0 Å². The van der Waals surface area contributed by atoms with E-state index in [4.69, 9.17) is 4.42 Å². The van der Waals surface area contributed by atoms with Gasteiger partial charge in [0, 0.05) is 10.0 Å². The lowest BCUT2D eigenvalue weighted by Gasteiger charge is -2.26. The second-order valence-corrected chi connectivity index (χ2v) is 6.92. The van der Waals surface area contributed by atoms with Crippen molar-refractivity contribution in [2.75, 3.05) is 4.90 Å². The minimum Gasteiger partial charge on any atom is -0.457 e. The lowest BCUT2D eigenvalue weighted by atomic mass is 10.1. The van der Waals surface area contributed by atoms with Crippen molar-refractivity contribution in [2.24, 2.45) is 0 Å². The summed E-state index contributed by atoms with van der Waals surface area (Å²) in [5, 5.41) is 2.19. The zero-order chi connectivity index (χ0) is 19.7. The average molecular weight is 437 g/mol. The van der Waals surface area contributed by atoms with Crippen LogP contribution < -0.4 is 10.2 Å². The van der Waals surface area contributed by atoms with Crippen molar-refractivity contribution in [3.8, 4) is 11.3 Å². The number of carbonyl (C=O) groups excluding carboxylic acids is 3. The maximum absolute atomic E-state index is 12.8. The van der Waals surface area contributed by atoms with E-state index in [9.17, 15) is 14.4 Å². The molecule has 4 amide bonds. The highest BCUT2D eigenvalue weighted by Crippen LogP contribution is 2.26. The zero-order valence-corrected chi connectivity index (χ0v) is 16.0. The molecule has 0 atom stereocenters. The largest absolute Gasteiger partial charge is 0.457 e. The highest BCUT2D eigenvalue weighted by molar-refractivity contribution is 9.10. The van der Waals surface area contributed by atoms with Crippen LogP contribution in [0.4, 0.5) is 10.5 Å². The van der Waals surface area contributed by atoms with E-state index in [1.807, 2.05) is 30.3 Å². The molecule has 0 unspecified atom stereocenters. The molecule has 0 aliphatic carbocycles. The zero-order valence-electron chi connectivity index (χ0n) is 14.4. The highest BCUT2D eigenvalue weighted by atomic mass is 79.9. The summed E-state index contributed by atoms with van der Waals surface area (Å²) in [5.74, 6) is -0.533. The fourth-order valence-electron chi connectivity index (χ4n) is 2.81. The fraction of sp³-hybridized carbons (Fsp3) is 0. The van der Waals surface area contributed by atoms with Crippen molar-refractivity contribution in [2.45, 2.75) is 0 Å². The first kappa shape index (κ1) is 17.9. The van der Waals surface area contributed by atoms with Gasteiger partial charge in [0.25, 0.3) is 11.8 Å². The quantitative estimate of drug-likeness (QED) is 0.488. The number of carbonyl (C=O) groups is 3. The van der Waals surface area contributed by atoms with E-state index in [0.29, 0.717) is 17.2 Å². The number of hydrogen-bond donors (Lipinski definition) is 1. The number of benzene rings is 2. The van der Waals surface area contributed by atoms with Crippen molar-refractivity contribution >= 4 is 45.5 Å². The number of hydrogen-bond acceptors (Lipinski definition) is 4. The van der Waals surface area contributed by atoms with Gasteiger partial charge in [0.05, 0.1) is 5.69 Å². The molecule has 0 spiro atoms. The van der Waals surface area contributed by atoms with Crippen LogP contribution >= 0.6 is 15.9 Å². The van der Waals surface area contributed by atoms with Crippen molar-refractivity contribution in [1.29, 1.82) is 0 Å². The van der Waals surface area contributed by atoms with E-state index in [1.54, 1.807) is 36.4 Å². The van der Waals surface area contributed by atoms with Gasteiger partial charge in [-0.15, -0.1) is 0 Å². The Balaban J connectivity index is 1.67. The van der Waals surface area contributed by atoms with Crippen LogP contribution in [0.1, 0.15) is 5.76 Å². The summed E-state index contributed by atoms with van der Waals surface area (Å²) in [6.07, 6.45) is 1.34. The van der Waals surface area contributed by atoms with Crippen LogP contribution in [0, 0.1) is 0 Å². The molecule has 1 aliphatic rings. The summed E-state index contributed by atoms with van der Waals surface area (Å²) in [5.41, 5.74) is 1.04. The van der Waals surface area contributed by atoms with Crippen LogP contribution in [0.5, 0.6) is 0 Å². The van der Waals surface area contributed by atoms with Crippen LogP contribution in [-0.2, 0) is 9.59 Å². The topological polar surface area (TPSA) is 79.6 Å². The molecule has 0 saturated carbocycles. The number of nitrogens with zero attached hydrogens (tertiary/aromatic N) is 1. The number of barbiturate groups is 1. The third-order valence-corrected chi connectivity index (χ3v) is 4.69. The van der Waals surface area contributed by atoms with Gasteiger partial charge >= 0.3 is 6.03 Å². The second kappa shape index (κ2) is 7.28. The Hall–Kier alpha value is -3.45. The number of nitrogens with one attached hydrogen (secondary N) is 1. The van der Waals surface area contributed by atoms with Crippen LogP contribution in [0.2, 0.25) is 0 Å². The van der Waals surface area contributed by atoms with Crippen LogP contribution in [0.25, 0.3) is 17.4 Å². The molecule has 7 heteroatoms. The Morgan fingerprint density at radius 3 is 2.32 bits per heavy atom. The van der Waals surface area contributed by atoms with Gasteiger partial charge in [-0.05, 0) is 42.5 Å². The first-order valence-electron chi connectivity index (χ1n) is 8.35. The Morgan fingerprint density at radius 1 is 0.893 bits per heavy atom. The summed E-state index contributed by atoms with van der Waals surface area (Å²) in [4.78, 5) is 38.2. The summed E-state index contributed by atoms with van der Waals surface area (Å²) in [7, 11) is 0. The lowest BCUT2D eigenvalue weighted by Crippen LogP contribution is -2.54. The van der Waals surface area contributed by atoms with Crippen molar-refractivity contribution < 1.29 is 18.8 Å². The highest BCUT2D eigenvalue weighted by Gasteiger charge is 2.37. The van der Waals surface area contributed by atoms with Gasteiger partial charge in [-0.25, -0.2) is 9.69 Å². The smallest absolute Gasteiger partial charge is 0.335 e. The summed E-state index contributed by atoms with van der Waals surface area (Å²) in [6.45, 7) is 0. The van der Waals surface area contributed by atoms with E-state index < -0.39 is 17.8 Å².